The van der Waals surface area contributed by atoms with Gasteiger partial charge in [-0.25, -0.2) is 8.78 Å². The summed E-state index contributed by atoms with van der Waals surface area (Å²) in [5, 5.41) is 0.943. The van der Waals surface area contributed by atoms with Gasteiger partial charge in [0.15, 0.2) is 11.6 Å². The lowest BCUT2D eigenvalue weighted by Crippen LogP contribution is -2.33. The van der Waals surface area contributed by atoms with Gasteiger partial charge in [-0.1, -0.05) is 28.4 Å². The summed E-state index contributed by atoms with van der Waals surface area (Å²) in [5.41, 5.74) is 1.18. The third-order valence-corrected chi connectivity index (χ3v) is 4.45. The van der Waals surface area contributed by atoms with Crippen LogP contribution in [0.2, 0.25) is 0 Å². The third kappa shape index (κ3) is 2.22. The molecule has 0 saturated heterocycles. The van der Waals surface area contributed by atoms with Crippen LogP contribution >= 0.6 is 15.9 Å². The Kier molecular flexibility index (Phi) is 3.10. The molecule has 1 aliphatic carbocycles. The van der Waals surface area contributed by atoms with Crippen molar-refractivity contribution in [1.29, 1.82) is 0 Å². The number of alkyl halides is 1. The van der Waals surface area contributed by atoms with Crippen LogP contribution < -0.4 is 0 Å². The molecule has 0 bridgehead atoms. The van der Waals surface area contributed by atoms with Gasteiger partial charge >= 0.3 is 0 Å². The van der Waals surface area contributed by atoms with Crippen LogP contribution in [-0.2, 0) is 6.42 Å². The van der Waals surface area contributed by atoms with Crippen LogP contribution in [0.1, 0.15) is 24.8 Å². The molecular weight excluding hydrogens is 262 g/mol. The normalized spacial score (nSPS) is 18.6. The minimum absolute atomic E-state index is 0.282. The van der Waals surface area contributed by atoms with Crippen molar-refractivity contribution in [3.8, 4) is 0 Å². The molecule has 0 amide bonds. The molecule has 0 aromatic heterocycles. The Morgan fingerprint density at radius 1 is 1.20 bits per heavy atom. The standard InChI is InChI=1S/C12H13BrF2/c13-8-12(4-1-5-12)7-9-2-3-10(14)11(15)6-9/h2-3,6H,1,4-5,7-8H2. The molecule has 1 saturated carbocycles. The molecule has 0 nitrogen and oxygen atoms in total. The van der Waals surface area contributed by atoms with Gasteiger partial charge in [0.05, 0.1) is 0 Å². The summed E-state index contributed by atoms with van der Waals surface area (Å²) < 4.78 is 25.7. The van der Waals surface area contributed by atoms with Crippen LogP contribution in [0.3, 0.4) is 0 Å². The molecule has 0 heterocycles. The first-order valence-corrected chi connectivity index (χ1v) is 6.27. The monoisotopic (exact) mass is 274 g/mol. The molecule has 82 valence electrons. The predicted octanol–water partition coefficient (Wildman–Crippen LogP) is 4.07. The highest BCUT2D eigenvalue weighted by Crippen LogP contribution is 2.45. The topological polar surface area (TPSA) is 0 Å². The largest absolute Gasteiger partial charge is 0.204 e. The predicted molar refractivity (Wildman–Crippen MR) is 60.1 cm³/mol. The number of hydrogen-bond acceptors (Lipinski definition) is 0. The van der Waals surface area contributed by atoms with E-state index in [-0.39, 0.29) is 5.41 Å². The summed E-state index contributed by atoms with van der Waals surface area (Å²) in [7, 11) is 0. The van der Waals surface area contributed by atoms with Crippen molar-refractivity contribution in [3.63, 3.8) is 0 Å². The van der Waals surface area contributed by atoms with E-state index < -0.39 is 11.6 Å². The zero-order valence-electron chi connectivity index (χ0n) is 8.40. The molecule has 3 heteroatoms. The molecule has 15 heavy (non-hydrogen) atoms. The van der Waals surface area contributed by atoms with E-state index >= 15 is 0 Å². The zero-order valence-corrected chi connectivity index (χ0v) is 9.99. The van der Waals surface area contributed by atoms with E-state index in [2.05, 4.69) is 15.9 Å². The molecule has 1 aliphatic rings. The fourth-order valence-electron chi connectivity index (χ4n) is 2.12. The second kappa shape index (κ2) is 4.20. The van der Waals surface area contributed by atoms with Crippen LogP contribution in [0.15, 0.2) is 18.2 Å². The first-order chi connectivity index (χ1) is 7.15. The second-order valence-corrected chi connectivity index (χ2v) is 4.97. The Morgan fingerprint density at radius 3 is 2.40 bits per heavy atom. The van der Waals surface area contributed by atoms with E-state index in [0.717, 1.165) is 17.3 Å². The van der Waals surface area contributed by atoms with E-state index in [1.54, 1.807) is 6.07 Å². The molecule has 0 atom stereocenters. The summed E-state index contributed by atoms with van der Waals surface area (Å²) in [6.07, 6.45) is 4.44. The van der Waals surface area contributed by atoms with Gasteiger partial charge in [0.1, 0.15) is 0 Å². The summed E-state index contributed by atoms with van der Waals surface area (Å²) in [4.78, 5) is 0. The molecule has 1 fully saturated rings. The molecule has 1 aromatic rings. The molecule has 0 aliphatic heterocycles. The minimum Gasteiger partial charge on any atom is -0.204 e. The van der Waals surface area contributed by atoms with Crippen LogP contribution in [0, 0.1) is 17.0 Å². The van der Waals surface area contributed by atoms with Crippen LogP contribution in [-0.4, -0.2) is 5.33 Å². The highest BCUT2D eigenvalue weighted by atomic mass is 79.9. The number of hydrogen-bond donors (Lipinski definition) is 0. The second-order valence-electron chi connectivity index (χ2n) is 4.41. The van der Waals surface area contributed by atoms with Crippen molar-refractivity contribution in [1.82, 2.24) is 0 Å². The molecular formula is C12H13BrF2. The number of rotatable bonds is 3. The van der Waals surface area contributed by atoms with Crippen molar-refractivity contribution in [2.75, 3.05) is 5.33 Å². The van der Waals surface area contributed by atoms with Gasteiger partial charge in [-0.3, -0.25) is 0 Å². The van der Waals surface area contributed by atoms with E-state index in [1.165, 1.54) is 31.4 Å². The summed E-state index contributed by atoms with van der Waals surface area (Å²) in [6.45, 7) is 0. The van der Waals surface area contributed by atoms with Crippen LogP contribution in [0.5, 0.6) is 0 Å². The average Bonchev–Trinajstić information content (AvgIpc) is 2.17. The van der Waals surface area contributed by atoms with Crippen molar-refractivity contribution < 1.29 is 8.78 Å². The van der Waals surface area contributed by atoms with Crippen molar-refractivity contribution >= 4 is 15.9 Å². The van der Waals surface area contributed by atoms with Gasteiger partial charge in [-0.2, -0.15) is 0 Å². The van der Waals surface area contributed by atoms with Gasteiger partial charge in [0, 0.05) is 5.33 Å². The summed E-state index contributed by atoms with van der Waals surface area (Å²) in [5.74, 6) is -1.50. The van der Waals surface area contributed by atoms with Crippen molar-refractivity contribution in [2.24, 2.45) is 5.41 Å². The van der Waals surface area contributed by atoms with E-state index in [4.69, 9.17) is 0 Å². The SMILES string of the molecule is Fc1ccc(CC2(CBr)CCC2)cc1F. The van der Waals surface area contributed by atoms with E-state index in [1.807, 2.05) is 0 Å². The average molecular weight is 275 g/mol. The van der Waals surface area contributed by atoms with Gasteiger partial charge < -0.3 is 0 Å². The smallest absolute Gasteiger partial charge is 0.159 e. The Balaban J connectivity index is 2.13. The molecule has 0 unspecified atom stereocenters. The Hall–Kier alpha value is -0.440. The molecule has 1 aromatic carbocycles. The summed E-state index contributed by atoms with van der Waals surface area (Å²) in [6, 6.07) is 4.21. The molecule has 0 spiro atoms. The fourth-order valence-corrected chi connectivity index (χ4v) is 2.88. The lowest BCUT2D eigenvalue weighted by atomic mass is 9.67. The van der Waals surface area contributed by atoms with Gasteiger partial charge in [0.2, 0.25) is 0 Å². The van der Waals surface area contributed by atoms with Gasteiger partial charge in [0.25, 0.3) is 0 Å². The van der Waals surface area contributed by atoms with E-state index in [0.29, 0.717) is 0 Å². The van der Waals surface area contributed by atoms with Crippen molar-refractivity contribution in [3.05, 3.63) is 35.4 Å². The van der Waals surface area contributed by atoms with Crippen LogP contribution in [0.25, 0.3) is 0 Å². The van der Waals surface area contributed by atoms with Crippen molar-refractivity contribution in [2.45, 2.75) is 25.7 Å². The first-order valence-electron chi connectivity index (χ1n) is 5.15. The third-order valence-electron chi connectivity index (χ3n) is 3.26. The van der Waals surface area contributed by atoms with Crippen LogP contribution in [0.4, 0.5) is 8.78 Å². The minimum atomic E-state index is -0.764. The highest BCUT2D eigenvalue weighted by molar-refractivity contribution is 9.09. The quantitative estimate of drug-likeness (QED) is 0.729. The Labute approximate surface area is 96.8 Å². The van der Waals surface area contributed by atoms with E-state index in [9.17, 15) is 8.78 Å². The lowest BCUT2D eigenvalue weighted by molar-refractivity contribution is 0.170. The van der Waals surface area contributed by atoms with Gasteiger partial charge in [-0.15, -0.1) is 0 Å². The Bertz CT molecular complexity index is 353. The highest BCUT2D eigenvalue weighted by Gasteiger charge is 2.35. The zero-order chi connectivity index (χ0) is 10.9. The summed E-state index contributed by atoms with van der Waals surface area (Å²) >= 11 is 3.51. The molecule has 2 rings (SSSR count). The maximum atomic E-state index is 13.0. The maximum absolute atomic E-state index is 13.0. The fraction of sp³-hybridized carbons (Fsp3) is 0.500. The lowest BCUT2D eigenvalue weighted by Gasteiger charge is -2.40. The molecule has 0 N–H and O–H groups in total. The molecule has 0 radical (unpaired) electrons. The van der Waals surface area contributed by atoms with Gasteiger partial charge in [-0.05, 0) is 42.4 Å². The maximum Gasteiger partial charge on any atom is 0.159 e. The Morgan fingerprint density at radius 2 is 1.93 bits per heavy atom. The number of halogens is 3. The first kappa shape index (κ1) is 11.1. The number of benzene rings is 1.